The second-order valence-electron chi connectivity index (χ2n) is 9.85. The number of aromatic nitrogens is 2. The first-order valence-electron chi connectivity index (χ1n) is 12.6. The van der Waals surface area contributed by atoms with E-state index >= 15 is 0 Å². The lowest BCUT2D eigenvalue weighted by Gasteiger charge is -2.50. The number of urea groups is 1. The summed E-state index contributed by atoms with van der Waals surface area (Å²) in [5, 5.41) is 2.43. The van der Waals surface area contributed by atoms with Gasteiger partial charge in [-0.1, -0.05) is 37.0 Å². The van der Waals surface area contributed by atoms with Gasteiger partial charge in [0.25, 0.3) is 5.56 Å². The summed E-state index contributed by atoms with van der Waals surface area (Å²) in [6.07, 6.45) is 15.1. The number of nitrogens with one attached hydrogen (secondary N) is 1. The van der Waals surface area contributed by atoms with E-state index in [4.69, 9.17) is 11.4 Å². The highest BCUT2D eigenvalue weighted by Gasteiger charge is 2.62. The molecule has 37 heavy (non-hydrogen) atoms. The average Bonchev–Trinajstić information content (AvgIpc) is 3.13. The van der Waals surface area contributed by atoms with Crippen LogP contribution in [0.15, 0.2) is 46.9 Å². The fourth-order valence-electron chi connectivity index (χ4n) is 5.94. The van der Waals surface area contributed by atoms with Crippen molar-refractivity contribution in [1.82, 2.24) is 19.6 Å². The number of hydrogen-bond acceptors (Lipinski definition) is 6. The molecule has 5 heterocycles. The fraction of sp³-hybridized carbons (Fsp3) is 0.393. The number of fused-ring (bicyclic) bond motifs is 5. The van der Waals surface area contributed by atoms with Crippen molar-refractivity contribution in [3.63, 3.8) is 0 Å². The van der Waals surface area contributed by atoms with Crippen molar-refractivity contribution in [3.05, 3.63) is 63.6 Å². The van der Waals surface area contributed by atoms with E-state index in [0.717, 1.165) is 29.7 Å². The molecule has 0 bridgehead atoms. The molecule has 2 aromatic heterocycles. The average molecular weight is 500 g/mol. The van der Waals surface area contributed by atoms with Crippen LogP contribution < -0.4 is 15.8 Å². The van der Waals surface area contributed by atoms with Crippen molar-refractivity contribution < 1.29 is 14.4 Å². The van der Waals surface area contributed by atoms with E-state index in [1.54, 1.807) is 31.3 Å². The highest BCUT2D eigenvalue weighted by molar-refractivity contribution is 6.20. The highest BCUT2D eigenvalue weighted by Crippen LogP contribution is 2.45. The van der Waals surface area contributed by atoms with Crippen LogP contribution in [0.5, 0.6) is 0 Å². The molecule has 0 aromatic carbocycles. The summed E-state index contributed by atoms with van der Waals surface area (Å²) in [5.74, 6) is 1.70. The van der Waals surface area contributed by atoms with Gasteiger partial charge in [0.15, 0.2) is 5.41 Å². The summed E-state index contributed by atoms with van der Waals surface area (Å²) in [4.78, 5) is 62.5. The Kier molecular flexibility index (Phi) is 6.20. The minimum absolute atomic E-state index is 0.0814. The molecule has 5 rings (SSSR count). The highest BCUT2D eigenvalue weighted by atomic mass is 16.2. The Morgan fingerprint density at radius 2 is 2.08 bits per heavy atom. The number of allylic oxidation sites excluding steroid dienone is 2. The molecule has 9 heteroatoms. The molecule has 2 aromatic rings. The SMILES string of the molecule is C#C/C=C(\C=C/C)CN1C(=O)NC(=O)[C@@]2(Cc3c(nc4c(C)cccn4c3=O)N3CCCCC[C@H]32)C1=O. The van der Waals surface area contributed by atoms with Gasteiger partial charge in [-0.05, 0) is 50.0 Å². The Hall–Kier alpha value is -4.19. The maximum Gasteiger partial charge on any atom is 0.331 e. The molecule has 2 saturated heterocycles. The van der Waals surface area contributed by atoms with E-state index in [0.29, 0.717) is 35.6 Å². The van der Waals surface area contributed by atoms with Crippen molar-refractivity contribution in [3.8, 4) is 12.3 Å². The quantitative estimate of drug-likeness (QED) is 0.395. The van der Waals surface area contributed by atoms with Crippen LogP contribution in [0.2, 0.25) is 0 Å². The summed E-state index contributed by atoms with van der Waals surface area (Å²) in [5.41, 5.74) is 0.353. The van der Waals surface area contributed by atoms with E-state index < -0.39 is 29.3 Å². The molecule has 190 valence electrons. The second-order valence-corrected chi connectivity index (χ2v) is 9.85. The number of rotatable bonds is 3. The number of nitrogens with zero attached hydrogens (tertiary/aromatic N) is 4. The van der Waals surface area contributed by atoms with Crippen molar-refractivity contribution in [2.45, 2.75) is 52.0 Å². The van der Waals surface area contributed by atoms with Gasteiger partial charge in [-0.15, -0.1) is 6.42 Å². The molecule has 3 aliphatic heterocycles. The van der Waals surface area contributed by atoms with E-state index in [-0.39, 0.29) is 18.5 Å². The van der Waals surface area contributed by atoms with E-state index in [1.165, 1.54) is 10.5 Å². The molecule has 0 radical (unpaired) electrons. The number of imide groups is 2. The first kappa shape index (κ1) is 24.5. The maximum atomic E-state index is 14.3. The number of carbonyl (C=O) groups is 3. The number of pyridine rings is 1. The lowest BCUT2D eigenvalue weighted by Crippen LogP contribution is -2.72. The lowest BCUT2D eigenvalue weighted by atomic mass is 9.68. The van der Waals surface area contributed by atoms with E-state index in [2.05, 4.69) is 11.2 Å². The Balaban J connectivity index is 1.70. The molecule has 4 amide bonds. The second kappa shape index (κ2) is 9.36. The number of amides is 4. The zero-order valence-electron chi connectivity index (χ0n) is 21.0. The smallest absolute Gasteiger partial charge is 0.331 e. The standard InChI is InChI=1S/C28H29N5O4/c1-4-10-19(11-5-2)17-33-26(36)28(25(35)30-27(33)37)16-20-23(31-14-8-6-7-13-21(28)31)29-22-18(3)12-9-15-32(22)24(20)34/h1,5,9-12,15,21H,6-8,13-14,16-17H2,2-3H3,(H,30,35,37)/b11-5-,19-10+/t21-,28-/m0/s1. The Morgan fingerprint density at radius 1 is 1.27 bits per heavy atom. The number of carbonyl (C=O) groups excluding carboxylic acids is 3. The van der Waals surface area contributed by atoms with Gasteiger partial charge in [-0.2, -0.15) is 0 Å². The molecular formula is C28H29N5O4. The molecule has 9 nitrogen and oxygen atoms in total. The minimum Gasteiger partial charge on any atom is -0.352 e. The predicted molar refractivity (Wildman–Crippen MR) is 139 cm³/mol. The van der Waals surface area contributed by atoms with Crippen molar-refractivity contribution in [2.75, 3.05) is 18.0 Å². The van der Waals surface area contributed by atoms with Crippen molar-refractivity contribution in [1.29, 1.82) is 0 Å². The van der Waals surface area contributed by atoms with Crippen LogP contribution in [0.25, 0.3) is 5.65 Å². The molecule has 1 spiro atoms. The molecule has 0 aliphatic carbocycles. The van der Waals surface area contributed by atoms with Gasteiger partial charge < -0.3 is 4.90 Å². The molecule has 0 saturated carbocycles. The van der Waals surface area contributed by atoms with Crippen LogP contribution in [0.1, 0.15) is 43.7 Å². The number of terminal acetylenes is 1. The molecule has 0 unspecified atom stereocenters. The van der Waals surface area contributed by atoms with Gasteiger partial charge in [0.05, 0.1) is 18.2 Å². The summed E-state index contributed by atoms with van der Waals surface area (Å²) in [6.45, 7) is 4.18. The van der Waals surface area contributed by atoms with Crippen molar-refractivity contribution in [2.24, 2.45) is 5.41 Å². The first-order chi connectivity index (χ1) is 17.8. The van der Waals surface area contributed by atoms with Crippen LogP contribution in [-0.4, -0.2) is 51.3 Å². The Bertz CT molecular complexity index is 1480. The summed E-state index contributed by atoms with van der Waals surface area (Å²) in [6, 6.07) is 2.34. The molecule has 1 N–H and O–H groups in total. The third-order valence-electron chi connectivity index (χ3n) is 7.66. The Labute approximate surface area is 214 Å². The normalized spacial score (nSPS) is 24.2. The lowest BCUT2D eigenvalue weighted by molar-refractivity contribution is -0.153. The Morgan fingerprint density at radius 3 is 2.84 bits per heavy atom. The summed E-state index contributed by atoms with van der Waals surface area (Å²) in [7, 11) is 0. The predicted octanol–water partition coefficient (Wildman–Crippen LogP) is 2.51. The number of barbiturate groups is 1. The van der Waals surface area contributed by atoms with Gasteiger partial charge in [0.1, 0.15) is 11.5 Å². The number of anilines is 1. The maximum absolute atomic E-state index is 14.3. The van der Waals surface area contributed by atoms with Gasteiger partial charge in [-0.25, -0.2) is 9.78 Å². The molecule has 2 atom stereocenters. The van der Waals surface area contributed by atoms with Crippen LogP contribution in [0.3, 0.4) is 0 Å². The molecular weight excluding hydrogens is 470 g/mol. The number of aryl methyl sites for hydroxylation is 1. The molecule has 2 fully saturated rings. The van der Waals surface area contributed by atoms with Gasteiger partial charge >= 0.3 is 6.03 Å². The summed E-state index contributed by atoms with van der Waals surface area (Å²) < 4.78 is 1.47. The van der Waals surface area contributed by atoms with Gasteiger partial charge in [-0.3, -0.25) is 29.0 Å². The van der Waals surface area contributed by atoms with Gasteiger partial charge in [0, 0.05) is 19.2 Å². The van der Waals surface area contributed by atoms with Crippen molar-refractivity contribution >= 4 is 29.3 Å². The molecule has 3 aliphatic rings. The van der Waals surface area contributed by atoms with Crippen LogP contribution in [-0.2, 0) is 16.0 Å². The zero-order chi connectivity index (χ0) is 26.3. The zero-order valence-corrected chi connectivity index (χ0v) is 21.0. The first-order valence-corrected chi connectivity index (χ1v) is 12.6. The third-order valence-corrected chi connectivity index (χ3v) is 7.66. The van der Waals surface area contributed by atoms with E-state index in [9.17, 15) is 19.2 Å². The third kappa shape index (κ3) is 3.75. The topological polar surface area (TPSA) is 104 Å². The van der Waals surface area contributed by atoms with Crippen LogP contribution in [0.4, 0.5) is 10.6 Å². The monoisotopic (exact) mass is 499 g/mol. The minimum atomic E-state index is -1.64. The fourth-order valence-corrected chi connectivity index (χ4v) is 5.94. The number of hydrogen-bond donors (Lipinski definition) is 1. The van der Waals surface area contributed by atoms with E-state index in [1.807, 2.05) is 17.9 Å². The van der Waals surface area contributed by atoms with Gasteiger partial charge in [0.2, 0.25) is 11.8 Å². The van der Waals surface area contributed by atoms with Crippen LogP contribution >= 0.6 is 0 Å². The van der Waals surface area contributed by atoms with Crippen LogP contribution in [0, 0.1) is 24.7 Å². The summed E-state index contributed by atoms with van der Waals surface area (Å²) >= 11 is 0. The largest absolute Gasteiger partial charge is 0.352 e.